The van der Waals surface area contributed by atoms with Gasteiger partial charge in [0, 0.05) is 10.9 Å². The van der Waals surface area contributed by atoms with E-state index in [1.807, 2.05) is 30.3 Å². The van der Waals surface area contributed by atoms with Crippen molar-refractivity contribution < 1.29 is 14.3 Å². The number of rotatable bonds is 8. The molecule has 2 N–H and O–H groups in total. The second-order valence-corrected chi connectivity index (χ2v) is 7.98. The minimum Gasteiger partial charge on any atom is -0.494 e. The highest BCUT2D eigenvalue weighted by Gasteiger charge is 2.18. The first-order chi connectivity index (χ1) is 17.1. The van der Waals surface area contributed by atoms with Crippen LogP contribution < -0.4 is 21.1 Å². The van der Waals surface area contributed by atoms with E-state index in [1.54, 1.807) is 48.5 Å². The number of hydrogen-bond donors (Lipinski definition) is 2. The van der Waals surface area contributed by atoms with E-state index >= 15 is 0 Å². The van der Waals surface area contributed by atoms with Gasteiger partial charge in [-0.2, -0.15) is 5.10 Å². The Hall–Kier alpha value is -4.46. The molecule has 0 saturated carbocycles. The van der Waals surface area contributed by atoms with Crippen molar-refractivity contribution in [3.05, 3.63) is 106 Å². The van der Waals surface area contributed by atoms with E-state index in [1.165, 1.54) is 4.68 Å². The van der Waals surface area contributed by atoms with Gasteiger partial charge in [-0.15, -0.1) is 0 Å². The molecule has 178 valence electrons. The molecule has 1 aromatic heterocycles. The molecule has 0 aliphatic rings. The fourth-order valence-corrected chi connectivity index (χ4v) is 3.55. The van der Waals surface area contributed by atoms with Crippen LogP contribution in [0.25, 0.3) is 10.8 Å². The van der Waals surface area contributed by atoms with Crippen LogP contribution in [0.1, 0.15) is 46.2 Å². The number of aromatic nitrogens is 2. The Morgan fingerprint density at radius 2 is 1.51 bits per heavy atom. The van der Waals surface area contributed by atoms with Crippen LogP contribution in [0.15, 0.2) is 83.7 Å². The first-order valence-electron chi connectivity index (χ1n) is 11.4. The van der Waals surface area contributed by atoms with Crippen molar-refractivity contribution >= 4 is 22.6 Å². The predicted octanol–water partition coefficient (Wildman–Crippen LogP) is 3.70. The Bertz CT molecular complexity index is 1380. The molecule has 0 atom stereocenters. The molecule has 4 rings (SSSR count). The molecule has 0 spiro atoms. The van der Waals surface area contributed by atoms with Crippen LogP contribution >= 0.6 is 0 Å². The second-order valence-electron chi connectivity index (χ2n) is 7.98. The summed E-state index contributed by atoms with van der Waals surface area (Å²) in [7, 11) is 0. The molecule has 0 bridgehead atoms. The maximum absolute atomic E-state index is 13.0. The van der Waals surface area contributed by atoms with Crippen molar-refractivity contribution in [3.63, 3.8) is 0 Å². The van der Waals surface area contributed by atoms with E-state index in [9.17, 15) is 14.4 Å². The lowest BCUT2D eigenvalue weighted by atomic mass is 10.1. The molecular weight excluding hydrogens is 444 g/mol. The molecule has 3 aromatic carbocycles. The van der Waals surface area contributed by atoms with E-state index in [0.29, 0.717) is 28.7 Å². The third-order valence-electron chi connectivity index (χ3n) is 5.43. The van der Waals surface area contributed by atoms with Crippen molar-refractivity contribution in [2.45, 2.75) is 26.3 Å². The van der Waals surface area contributed by atoms with Gasteiger partial charge in [0.05, 0.1) is 18.5 Å². The molecule has 8 heteroatoms. The van der Waals surface area contributed by atoms with Gasteiger partial charge in [-0.1, -0.05) is 61.9 Å². The van der Waals surface area contributed by atoms with Crippen LogP contribution in [-0.2, 0) is 6.54 Å². The zero-order valence-electron chi connectivity index (χ0n) is 19.4. The van der Waals surface area contributed by atoms with Crippen molar-refractivity contribution in [2.24, 2.45) is 0 Å². The first kappa shape index (κ1) is 23.7. The largest absolute Gasteiger partial charge is 0.494 e. The molecule has 0 saturated heterocycles. The summed E-state index contributed by atoms with van der Waals surface area (Å²) >= 11 is 0. The fraction of sp³-hybridized carbons (Fsp3) is 0.185. The molecule has 35 heavy (non-hydrogen) atoms. The van der Waals surface area contributed by atoms with Gasteiger partial charge in [0.15, 0.2) is 5.69 Å². The molecule has 4 aromatic rings. The smallest absolute Gasteiger partial charge is 0.290 e. The van der Waals surface area contributed by atoms with Crippen LogP contribution in [-0.4, -0.2) is 28.2 Å². The maximum atomic E-state index is 13.0. The number of hydrogen-bond acceptors (Lipinski definition) is 5. The summed E-state index contributed by atoms with van der Waals surface area (Å²) in [5, 5.41) is 5.09. The molecule has 0 aliphatic heterocycles. The standard InChI is InChI=1S/C27H26N4O4/c1-2-3-17-35-21-15-13-20(14-16-21)25(32)28-29-26(33)24-22-11-7-8-12-23(22)27(34)31(30-24)18-19-9-5-4-6-10-19/h4-16H,2-3,17-18H2,1H3,(H,28,32)(H,29,33). The van der Waals surface area contributed by atoms with E-state index in [2.05, 4.69) is 22.9 Å². The van der Waals surface area contributed by atoms with Gasteiger partial charge >= 0.3 is 0 Å². The number of hydrazine groups is 1. The van der Waals surface area contributed by atoms with Gasteiger partial charge in [0.25, 0.3) is 17.4 Å². The summed E-state index contributed by atoms with van der Waals surface area (Å²) < 4.78 is 6.86. The molecule has 2 amide bonds. The van der Waals surface area contributed by atoms with E-state index in [-0.39, 0.29) is 17.8 Å². The summed E-state index contributed by atoms with van der Waals surface area (Å²) in [4.78, 5) is 38.5. The Kier molecular flexibility index (Phi) is 7.52. The van der Waals surface area contributed by atoms with Crippen LogP contribution in [0, 0.1) is 0 Å². The normalized spacial score (nSPS) is 10.7. The topological polar surface area (TPSA) is 102 Å². The average molecular weight is 471 g/mol. The number of nitrogens with one attached hydrogen (secondary N) is 2. The Labute approximate surface area is 202 Å². The summed E-state index contributed by atoms with van der Waals surface area (Å²) in [6, 6.07) is 22.8. The first-order valence-corrected chi connectivity index (χ1v) is 11.4. The number of carbonyl (C=O) groups is 2. The predicted molar refractivity (Wildman–Crippen MR) is 133 cm³/mol. The van der Waals surface area contributed by atoms with Crippen LogP contribution in [0.2, 0.25) is 0 Å². The molecule has 0 aliphatic carbocycles. The lowest BCUT2D eigenvalue weighted by Gasteiger charge is -2.12. The molecule has 8 nitrogen and oxygen atoms in total. The monoisotopic (exact) mass is 470 g/mol. The van der Waals surface area contributed by atoms with Crippen molar-refractivity contribution in [3.8, 4) is 5.75 Å². The highest BCUT2D eigenvalue weighted by molar-refractivity contribution is 6.06. The lowest BCUT2D eigenvalue weighted by molar-refractivity contribution is 0.0843. The number of nitrogens with zero attached hydrogens (tertiary/aromatic N) is 2. The zero-order valence-corrected chi connectivity index (χ0v) is 19.4. The number of benzene rings is 3. The summed E-state index contributed by atoms with van der Waals surface area (Å²) in [5.74, 6) is -0.438. The van der Waals surface area contributed by atoms with Gasteiger partial charge in [-0.3, -0.25) is 25.2 Å². The highest BCUT2D eigenvalue weighted by Crippen LogP contribution is 2.15. The van der Waals surface area contributed by atoms with Crippen LogP contribution in [0.4, 0.5) is 0 Å². The van der Waals surface area contributed by atoms with E-state index in [4.69, 9.17) is 4.74 Å². The van der Waals surface area contributed by atoms with Crippen LogP contribution in [0.5, 0.6) is 5.75 Å². The summed E-state index contributed by atoms with van der Waals surface area (Å²) in [5.41, 5.74) is 5.79. The Balaban J connectivity index is 1.51. The van der Waals surface area contributed by atoms with Gasteiger partial charge in [-0.25, -0.2) is 4.68 Å². The maximum Gasteiger partial charge on any atom is 0.290 e. The lowest BCUT2D eigenvalue weighted by Crippen LogP contribution is -2.42. The number of unbranched alkanes of at least 4 members (excludes halogenated alkanes) is 1. The van der Waals surface area contributed by atoms with E-state index < -0.39 is 11.8 Å². The third-order valence-corrected chi connectivity index (χ3v) is 5.43. The molecule has 0 fully saturated rings. The molecule has 0 radical (unpaired) electrons. The van der Waals surface area contributed by atoms with Gasteiger partial charge < -0.3 is 4.74 Å². The van der Waals surface area contributed by atoms with E-state index in [0.717, 1.165) is 18.4 Å². The molecule has 0 unspecified atom stereocenters. The second kappa shape index (κ2) is 11.1. The van der Waals surface area contributed by atoms with Gasteiger partial charge in [-0.05, 0) is 42.3 Å². The van der Waals surface area contributed by atoms with Gasteiger partial charge in [0.2, 0.25) is 0 Å². The fourth-order valence-electron chi connectivity index (χ4n) is 3.55. The highest BCUT2D eigenvalue weighted by atomic mass is 16.5. The number of carbonyl (C=O) groups excluding carboxylic acids is 2. The summed E-state index contributed by atoms with van der Waals surface area (Å²) in [6.45, 7) is 2.91. The number of amides is 2. The van der Waals surface area contributed by atoms with Crippen molar-refractivity contribution in [1.82, 2.24) is 20.6 Å². The number of fused-ring (bicyclic) bond motifs is 1. The van der Waals surface area contributed by atoms with Crippen molar-refractivity contribution in [2.75, 3.05) is 6.61 Å². The minimum absolute atomic E-state index is 0.0381. The summed E-state index contributed by atoms with van der Waals surface area (Å²) in [6.07, 6.45) is 1.99. The van der Waals surface area contributed by atoms with Gasteiger partial charge in [0.1, 0.15) is 5.75 Å². The Morgan fingerprint density at radius 1 is 0.857 bits per heavy atom. The average Bonchev–Trinajstić information content (AvgIpc) is 2.90. The van der Waals surface area contributed by atoms with Crippen LogP contribution in [0.3, 0.4) is 0 Å². The Morgan fingerprint density at radius 3 is 2.23 bits per heavy atom. The number of ether oxygens (including phenoxy) is 1. The quantitative estimate of drug-likeness (QED) is 0.302. The minimum atomic E-state index is -0.629. The zero-order chi connectivity index (χ0) is 24.6. The van der Waals surface area contributed by atoms with Crippen molar-refractivity contribution in [1.29, 1.82) is 0 Å². The molecular formula is C27H26N4O4. The SMILES string of the molecule is CCCCOc1ccc(C(=O)NNC(=O)c2nn(Cc3ccccc3)c(=O)c3ccccc23)cc1. The molecule has 1 heterocycles. The third kappa shape index (κ3) is 5.73.